The molecule has 0 spiro atoms. The van der Waals surface area contributed by atoms with E-state index in [1.165, 1.54) is 0 Å². The Hall–Kier alpha value is -2.36. The highest BCUT2D eigenvalue weighted by atomic mass is 16.4. The Morgan fingerprint density at radius 1 is 1.21 bits per heavy atom. The van der Waals surface area contributed by atoms with E-state index < -0.39 is 5.97 Å². The highest BCUT2D eigenvalue weighted by Crippen LogP contribution is 2.26. The molecule has 96 valence electrons. The van der Waals surface area contributed by atoms with Crippen molar-refractivity contribution in [2.24, 2.45) is 0 Å². The molecule has 0 radical (unpaired) electrons. The van der Waals surface area contributed by atoms with E-state index in [9.17, 15) is 9.90 Å². The van der Waals surface area contributed by atoms with E-state index in [2.05, 4.69) is 9.88 Å². The summed E-state index contributed by atoms with van der Waals surface area (Å²) in [6.45, 7) is 1.59. The van der Waals surface area contributed by atoms with Crippen LogP contribution in [-0.4, -0.2) is 22.6 Å². The first-order valence-corrected chi connectivity index (χ1v) is 6.25. The van der Waals surface area contributed by atoms with Crippen LogP contribution in [0.15, 0.2) is 42.7 Å². The summed E-state index contributed by atoms with van der Waals surface area (Å²) >= 11 is 0. The second kappa shape index (κ2) is 4.72. The molecule has 4 nitrogen and oxygen atoms in total. The zero-order valence-corrected chi connectivity index (χ0v) is 10.4. The van der Waals surface area contributed by atoms with Crippen LogP contribution in [0.5, 0.6) is 0 Å². The van der Waals surface area contributed by atoms with Crippen molar-refractivity contribution >= 4 is 11.7 Å². The first-order chi connectivity index (χ1) is 9.25. The first kappa shape index (κ1) is 11.7. The number of hydrogen-bond acceptors (Lipinski definition) is 3. The Kier molecular flexibility index (Phi) is 2.91. The van der Waals surface area contributed by atoms with E-state index in [4.69, 9.17) is 0 Å². The highest BCUT2D eigenvalue weighted by molar-refractivity contribution is 5.90. The van der Waals surface area contributed by atoms with Crippen LogP contribution in [0.25, 0.3) is 0 Å². The van der Waals surface area contributed by atoms with Crippen LogP contribution in [-0.2, 0) is 13.0 Å². The van der Waals surface area contributed by atoms with Gasteiger partial charge >= 0.3 is 5.97 Å². The molecule has 0 amide bonds. The van der Waals surface area contributed by atoms with Crippen LogP contribution < -0.4 is 4.90 Å². The number of pyridine rings is 1. The highest BCUT2D eigenvalue weighted by Gasteiger charge is 2.21. The van der Waals surface area contributed by atoms with E-state index >= 15 is 0 Å². The van der Waals surface area contributed by atoms with Crippen molar-refractivity contribution in [3.63, 3.8) is 0 Å². The summed E-state index contributed by atoms with van der Waals surface area (Å²) in [5, 5.41) is 9.20. The predicted molar refractivity (Wildman–Crippen MR) is 72.4 cm³/mol. The lowest BCUT2D eigenvalue weighted by Crippen LogP contribution is -2.31. The predicted octanol–water partition coefficient (Wildman–Crippen LogP) is 2.34. The number of aromatic carboxylic acids is 1. The third kappa shape index (κ3) is 2.17. The van der Waals surface area contributed by atoms with E-state index in [1.54, 1.807) is 18.5 Å². The summed E-state index contributed by atoms with van der Waals surface area (Å²) in [5.74, 6) is -0.839. The Labute approximate surface area is 111 Å². The van der Waals surface area contributed by atoms with Gasteiger partial charge in [0.25, 0.3) is 0 Å². The van der Waals surface area contributed by atoms with Crippen molar-refractivity contribution in [2.75, 3.05) is 11.4 Å². The van der Waals surface area contributed by atoms with E-state index in [0.717, 1.165) is 36.3 Å². The van der Waals surface area contributed by atoms with Crippen LogP contribution in [0.3, 0.4) is 0 Å². The summed E-state index contributed by atoms with van der Waals surface area (Å²) < 4.78 is 0. The van der Waals surface area contributed by atoms with Gasteiger partial charge in [-0.15, -0.1) is 0 Å². The standard InChI is InChI=1S/C15H14N2O2/c18-15(19)14-3-1-2-11-10-17(9-6-13(11)14)12-4-7-16-8-5-12/h1-5,7-8H,6,9-10H2,(H,18,19). The van der Waals surface area contributed by atoms with E-state index in [1.807, 2.05) is 24.3 Å². The number of carboxylic acid groups (broad SMARTS) is 1. The molecule has 1 aromatic heterocycles. The minimum Gasteiger partial charge on any atom is -0.478 e. The van der Waals surface area contributed by atoms with Crippen molar-refractivity contribution in [3.8, 4) is 0 Å². The summed E-state index contributed by atoms with van der Waals surface area (Å²) in [6, 6.07) is 9.47. The number of hydrogen-bond donors (Lipinski definition) is 1. The molecular weight excluding hydrogens is 240 g/mol. The maximum absolute atomic E-state index is 11.2. The van der Waals surface area contributed by atoms with Gasteiger partial charge < -0.3 is 10.0 Å². The second-order valence-corrected chi connectivity index (χ2v) is 4.63. The SMILES string of the molecule is O=C(O)c1cccc2c1CCN(c1ccncc1)C2. The molecule has 0 saturated carbocycles. The third-order valence-electron chi connectivity index (χ3n) is 3.52. The molecule has 1 aliphatic rings. The smallest absolute Gasteiger partial charge is 0.335 e. The normalized spacial score (nSPS) is 14.0. The summed E-state index contributed by atoms with van der Waals surface area (Å²) in [6.07, 6.45) is 4.32. The molecule has 2 aromatic rings. The fraction of sp³-hybridized carbons (Fsp3) is 0.200. The lowest BCUT2D eigenvalue weighted by Gasteiger charge is -2.31. The maximum atomic E-state index is 11.2. The number of rotatable bonds is 2. The molecule has 2 heterocycles. The molecule has 0 aliphatic carbocycles. The average Bonchev–Trinajstić information content (AvgIpc) is 2.47. The van der Waals surface area contributed by atoms with Gasteiger partial charge in [0.15, 0.2) is 0 Å². The molecule has 19 heavy (non-hydrogen) atoms. The second-order valence-electron chi connectivity index (χ2n) is 4.63. The van der Waals surface area contributed by atoms with Crippen molar-refractivity contribution in [1.29, 1.82) is 0 Å². The largest absolute Gasteiger partial charge is 0.478 e. The number of benzene rings is 1. The number of fused-ring (bicyclic) bond motifs is 1. The average molecular weight is 254 g/mol. The molecule has 1 N–H and O–H groups in total. The van der Waals surface area contributed by atoms with E-state index in [-0.39, 0.29) is 0 Å². The monoisotopic (exact) mass is 254 g/mol. The Balaban J connectivity index is 1.93. The van der Waals surface area contributed by atoms with Gasteiger partial charge in [0.2, 0.25) is 0 Å². The zero-order chi connectivity index (χ0) is 13.2. The third-order valence-corrected chi connectivity index (χ3v) is 3.52. The molecule has 0 saturated heterocycles. The molecule has 4 heteroatoms. The molecular formula is C15H14N2O2. The number of nitrogens with zero attached hydrogens (tertiary/aromatic N) is 2. The topological polar surface area (TPSA) is 53.4 Å². The molecule has 0 bridgehead atoms. The fourth-order valence-corrected chi connectivity index (χ4v) is 2.59. The van der Waals surface area contributed by atoms with Crippen LogP contribution in [0.1, 0.15) is 21.5 Å². The number of aromatic nitrogens is 1. The van der Waals surface area contributed by atoms with Gasteiger partial charge in [0.1, 0.15) is 0 Å². The minimum atomic E-state index is -0.839. The van der Waals surface area contributed by atoms with Gasteiger partial charge in [-0.05, 0) is 35.7 Å². The van der Waals surface area contributed by atoms with Crippen molar-refractivity contribution in [3.05, 3.63) is 59.4 Å². The van der Waals surface area contributed by atoms with Gasteiger partial charge in [0.05, 0.1) is 5.56 Å². The summed E-state index contributed by atoms with van der Waals surface area (Å²) in [4.78, 5) is 17.5. The lowest BCUT2D eigenvalue weighted by atomic mass is 9.94. The molecule has 0 fully saturated rings. The van der Waals surface area contributed by atoms with Gasteiger partial charge in [0, 0.05) is 31.2 Å². The molecule has 0 atom stereocenters. The number of carboxylic acids is 1. The van der Waals surface area contributed by atoms with E-state index in [0.29, 0.717) is 5.56 Å². The van der Waals surface area contributed by atoms with Crippen LogP contribution in [0, 0.1) is 0 Å². The Bertz CT molecular complexity index is 611. The van der Waals surface area contributed by atoms with Crippen molar-refractivity contribution in [1.82, 2.24) is 4.98 Å². The van der Waals surface area contributed by atoms with Crippen LogP contribution >= 0.6 is 0 Å². The maximum Gasteiger partial charge on any atom is 0.335 e. The van der Waals surface area contributed by atoms with Crippen molar-refractivity contribution < 1.29 is 9.90 Å². The molecule has 1 aliphatic heterocycles. The Morgan fingerprint density at radius 3 is 2.74 bits per heavy atom. The van der Waals surface area contributed by atoms with Crippen LogP contribution in [0.4, 0.5) is 5.69 Å². The first-order valence-electron chi connectivity index (χ1n) is 6.25. The number of carbonyl (C=O) groups is 1. The van der Waals surface area contributed by atoms with Crippen molar-refractivity contribution in [2.45, 2.75) is 13.0 Å². The summed E-state index contributed by atoms with van der Waals surface area (Å²) in [7, 11) is 0. The number of anilines is 1. The molecule has 0 unspecified atom stereocenters. The summed E-state index contributed by atoms with van der Waals surface area (Å²) in [5.41, 5.74) is 3.64. The Morgan fingerprint density at radius 2 is 2.00 bits per heavy atom. The molecule has 3 rings (SSSR count). The lowest BCUT2D eigenvalue weighted by molar-refractivity contribution is 0.0695. The fourth-order valence-electron chi connectivity index (χ4n) is 2.59. The van der Waals surface area contributed by atoms with Gasteiger partial charge in [-0.2, -0.15) is 0 Å². The zero-order valence-electron chi connectivity index (χ0n) is 10.4. The quantitative estimate of drug-likeness (QED) is 0.893. The van der Waals surface area contributed by atoms with Crippen LogP contribution in [0.2, 0.25) is 0 Å². The minimum absolute atomic E-state index is 0.437. The van der Waals surface area contributed by atoms with Gasteiger partial charge in [-0.25, -0.2) is 4.79 Å². The van der Waals surface area contributed by atoms with Gasteiger partial charge in [-0.3, -0.25) is 4.98 Å². The van der Waals surface area contributed by atoms with Gasteiger partial charge in [-0.1, -0.05) is 12.1 Å². The molecule has 1 aromatic carbocycles.